The van der Waals surface area contributed by atoms with Crippen LogP contribution in [0.15, 0.2) is 36.5 Å². The zero-order valence-electron chi connectivity index (χ0n) is 49.5. The number of esters is 2. The molecule has 0 spiro atoms. The number of quaternary nitrogens is 1. The number of unbranched alkanes of at least 4 members (excludes halogenated alkanes) is 38. The Balaban J connectivity index is 3.95. The first-order chi connectivity index (χ1) is 36.1. The van der Waals surface area contributed by atoms with Crippen molar-refractivity contribution in [1.82, 2.24) is 0 Å². The first kappa shape index (κ1) is 71.5. The molecule has 0 aliphatic heterocycles. The lowest BCUT2D eigenvalue weighted by Gasteiger charge is -2.26. The molecule has 74 heavy (non-hydrogen) atoms. The number of carbonyl (C=O) groups excluding carboxylic acids is 3. The molecule has 0 aromatic carbocycles. The number of rotatable bonds is 59. The van der Waals surface area contributed by atoms with Gasteiger partial charge in [0.1, 0.15) is 13.2 Å². The van der Waals surface area contributed by atoms with Crippen LogP contribution in [0.25, 0.3) is 0 Å². The van der Waals surface area contributed by atoms with E-state index in [1.54, 1.807) is 0 Å². The van der Waals surface area contributed by atoms with Gasteiger partial charge in [0.25, 0.3) is 0 Å². The third-order valence-corrected chi connectivity index (χ3v) is 14.1. The highest BCUT2D eigenvalue weighted by atomic mass is 16.7. The Morgan fingerprint density at radius 1 is 0.405 bits per heavy atom. The van der Waals surface area contributed by atoms with Crippen LogP contribution in [0.4, 0.5) is 0 Å². The van der Waals surface area contributed by atoms with Crippen molar-refractivity contribution in [3.05, 3.63) is 36.5 Å². The van der Waals surface area contributed by atoms with Gasteiger partial charge < -0.3 is 33.3 Å². The molecule has 2 atom stereocenters. The molecule has 0 bridgehead atoms. The molecule has 2 unspecified atom stereocenters. The van der Waals surface area contributed by atoms with Gasteiger partial charge in [0.15, 0.2) is 12.4 Å². The van der Waals surface area contributed by atoms with Crippen LogP contribution in [0.3, 0.4) is 0 Å². The number of aliphatic carboxylic acids is 1. The van der Waals surface area contributed by atoms with Crippen molar-refractivity contribution < 1.29 is 42.9 Å². The molecular formula is C65H121NO8. The molecule has 0 N–H and O–H groups in total. The number of hydrogen-bond acceptors (Lipinski definition) is 8. The second kappa shape index (κ2) is 56.7. The maximum Gasteiger partial charge on any atom is 0.306 e. The van der Waals surface area contributed by atoms with Crippen LogP contribution in [0.5, 0.6) is 0 Å². The van der Waals surface area contributed by atoms with Gasteiger partial charge in [-0.1, -0.05) is 275 Å². The summed E-state index contributed by atoms with van der Waals surface area (Å²) in [7, 11) is 5.93. The number of likely N-dealkylation sites (N-methyl/N-ethyl adjacent to an activating group) is 1. The van der Waals surface area contributed by atoms with Crippen LogP contribution in [0.2, 0.25) is 0 Å². The molecule has 9 nitrogen and oxygen atoms in total. The minimum Gasteiger partial charge on any atom is -0.545 e. The minimum atomic E-state index is -1.62. The summed E-state index contributed by atoms with van der Waals surface area (Å²) >= 11 is 0. The number of hydrogen-bond donors (Lipinski definition) is 0. The Labute approximate surface area is 458 Å². The number of allylic oxidation sites excluding steroid dienone is 6. The lowest BCUT2D eigenvalue weighted by Crippen LogP contribution is -2.44. The van der Waals surface area contributed by atoms with Crippen LogP contribution in [-0.2, 0) is 33.3 Å². The molecule has 0 aliphatic carbocycles. The Kier molecular flexibility index (Phi) is 54.8. The molecule has 0 aliphatic rings. The monoisotopic (exact) mass is 1040 g/mol. The van der Waals surface area contributed by atoms with Crippen LogP contribution < -0.4 is 5.11 Å². The molecule has 0 heterocycles. The van der Waals surface area contributed by atoms with Crippen molar-refractivity contribution >= 4 is 17.9 Å². The van der Waals surface area contributed by atoms with Crippen molar-refractivity contribution in [1.29, 1.82) is 0 Å². The van der Waals surface area contributed by atoms with Gasteiger partial charge in [-0.15, -0.1) is 0 Å². The normalized spacial score (nSPS) is 12.9. The SMILES string of the molecule is CCCCCCC/C=C\C/C=C\C/C=C\CCCCCCCCCCCCCCCCCCCCCCCCC(=O)OC(COC(=O)CCCCCCCCCCCCCC)COC(OCC[N+](C)(C)C)C(=O)[O-]. The average molecular weight is 1040 g/mol. The third-order valence-electron chi connectivity index (χ3n) is 14.1. The van der Waals surface area contributed by atoms with E-state index in [1.165, 1.54) is 225 Å². The molecule has 0 radical (unpaired) electrons. The molecule has 0 fully saturated rings. The van der Waals surface area contributed by atoms with Gasteiger partial charge in [-0.25, -0.2) is 0 Å². The van der Waals surface area contributed by atoms with E-state index in [9.17, 15) is 19.5 Å². The molecule has 0 amide bonds. The van der Waals surface area contributed by atoms with E-state index in [1.807, 2.05) is 21.1 Å². The first-order valence-electron chi connectivity index (χ1n) is 31.6. The number of nitrogens with zero attached hydrogens (tertiary/aromatic N) is 1. The standard InChI is InChI=1S/C65H121NO8/c1-6-8-10-12-14-16-18-20-21-22-23-24-25-26-27-28-29-30-31-32-33-34-35-36-37-38-39-40-41-42-43-44-46-48-50-52-54-56-63(68)74-61(60-73-65(64(69)70)71-58-57-66(3,4)5)59-72-62(67)55-53-51-49-47-45-19-17-15-13-11-9-7-2/h18,20,22-23,25-26,61,65H,6-17,19,21,24,27-60H2,1-5H3/b20-18-,23-22-,26-25-. The summed E-state index contributed by atoms with van der Waals surface area (Å²) in [6, 6.07) is 0. The van der Waals surface area contributed by atoms with Gasteiger partial charge >= 0.3 is 11.9 Å². The third kappa shape index (κ3) is 57.2. The summed E-state index contributed by atoms with van der Waals surface area (Å²) in [5.41, 5.74) is 0. The predicted octanol–water partition coefficient (Wildman–Crippen LogP) is 17.5. The quantitative estimate of drug-likeness (QED) is 0.0195. The Morgan fingerprint density at radius 3 is 1.08 bits per heavy atom. The minimum absolute atomic E-state index is 0.151. The predicted molar refractivity (Wildman–Crippen MR) is 311 cm³/mol. The fourth-order valence-corrected chi connectivity index (χ4v) is 9.25. The molecule has 434 valence electrons. The smallest absolute Gasteiger partial charge is 0.306 e. The van der Waals surface area contributed by atoms with Gasteiger partial charge in [0.2, 0.25) is 0 Å². The summed E-state index contributed by atoms with van der Waals surface area (Å²) in [4.78, 5) is 37.2. The zero-order chi connectivity index (χ0) is 54.1. The van der Waals surface area contributed by atoms with Gasteiger partial charge in [0, 0.05) is 12.8 Å². The van der Waals surface area contributed by atoms with E-state index in [0.29, 0.717) is 17.4 Å². The number of carboxylic acid groups (broad SMARTS) is 1. The number of ether oxygens (including phenoxy) is 4. The summed E-state index contributed by atoms with van der Waals surface area (Å²) in [5, 5.41) is 11.8. The zero-order valence-corrected chi connectivity index (χ0v) is 49.5. The molecular weight excluding hydrogens is 923 g/mol. The van der Waals surface area contributed by atoms with Crippen molar-refractivity contribution in [3.63, 3.8) is 0 Å². The van der Waals surface area contributed by atoms with E-state index in [-0.39, 0.29) is 32.2 Å². The maximum absolute atomic E-state index is 12.9. The highest BCUT2D eigenvalue weighted by molar-refractivity contribution is 5.70. The summed E-state index contributed by atoms with van der Waals surface area (Å²) in [6.45, 7) is 4.77. The average Bonchev–Trinajstić information content (AvgIpc) is 3.37. The second-order valence-corrected chi connectivity index (χ2v) is 22.7. The highest BCUT2D eigenvalue weighted by Crippen LogP contribution is 2.18. The molecule has 0 aromatic rings. The van der Waals surface area contributed by atoms with E-state index >= 15 is 0 Å². The first-order valence-corrected chi connectivity index (χ1v) is 31.6. The number of carbonyl (C=O) groups is 3. The van der Waals surface area contributed by atoms with E-state index in [2.05, 4.69) is 50.3 Å². The Bertz CT molecular complexity index is 1310. The van der Waals surface area contributed by atoms with E-state index in [0.717, 1.165) is 51.4 Å². The summed E-state index contributed by atoms with van der Waals surface area (Å²) in [6.07, 6.45) is 66.6. The van der Waals surface area contributed by atoms with Gasteiger partial charge in [0.05, 0.1) is 40.3 Å². The summed E-state index contributed by atoms with van der Waals surface area (Å²) < 4.78 is 22.7. The number of carboxylic acids is 1. The molecule has 0 rings (SSSR count). The van der Waals surface area contributed by atoms with Gasteiger partial charge in [-0.05, 0) is 51.4 Å². The Hall–Kier alpha value is -2.49. The van der Waals surface area contributed by atoms with Crippen LogP contribution in [-0.4, -0.2) is 82.3 Å². The molecule has 0 saturated carbocycles. The molecule has 0 saturated heterocycles. The largest absolute Gasteiger partial charge is 0.545 e. The van der Waals surface area contributed by atoms with Crippen molar-refractivity contribution in [2.75, 3.05) is 47.5 Å². The van der Waals surface area contributed by atoms with Crippen LogP contribution in [0.1, 0.15) is 303 Å². The van der Waals surface area contributed by atoms with E-state index in [4.69, 9.17) is 18.9 Å². The van der Waals surface area contributed by atoms with Gasteiger partial charge in [-0.2, -0.15) is 0 Å². The fraction of sp³-hybridized carbons (Fsp3) is 0.862. The second-order valence-electron chi connectivity index (χ2n) is 22.7. The Morgan fingerprint density at radius 2 is 0.730 bits per heavy atom. The maximum atomic E-state index is 12.9. The highest BCUT2D eigenvalue weighted by Gasteiger charge is 2.22. The van der Waals surface area contributed by atoms with Crippen molar-refractivity contribution in [3.8, 4) is 0 Å². The van der Waals surface area contributed by atoms with Crippen molar-refractivity contribution in [2.24, 2.45) is 0 Å². The lowest BCUT2D eigenvalue weighted by molar-refractivity contribution is -0.870. The summed E-state index contributed by atoms with van der Waals surface area (Å²) in [5.74, 6) is -2.26. The molecule has 9 heteroatoms. The van der Waals surface area contributed by atoms with Crippen LogP contribution in [0, 0.1) is 0 Å². The molecule has 0 aromatic heterocycles. The topological polar surface area (TPSA) is 111 Å². The van der Waals surface area contributed by atoms with Crippen molar-refractivity contribution in [2.45, 2.75) is 315 Å². The fourth-order valence-electron chi connectivity index (χ4n) is 9.25. The van der Waals surface area contributed by atoms with Gasteiger partial charge in [-0.3, -0.25) is 9.59 Å². The lowest BCUT2D eigenvalue weighted by atomic mass is 10.0. The van der Waals surface area contributed by atoms with Crippen LogP contribution >= 0.6 is 0 Å². The van der Waals surface area contributed by atoms with E-state index < -0.39 is 24.3 Å².